The summed E-state index contributed by atoms with van der Waals surface area (Å²) in [5.74, 6) is 0.664. The summed E-state index contributed by atoms with van der Waals surface area (Å²) in [5, 5.41) is 8.63. The number of carbonyl (C=O) groups is 1. The predicted molar refractivity (Wildman–Crippen MR) is 114 cm³/mol. The third-order valence-electron chi connectivity index (χ3n) is 4.54. The Hall–Kier alpha value is -3.12. The number of nitrogens with zero attached hydrogens (tertiary/aromatic N) is 2. The van der Waals surface area contributed by atoms with E-state index in [2.05, 4.69) is 23.4 Å². The first-order chi connectivity index (χ1) is 13.6. The molecule has 4 rings (SSSR count). The van der Waals surface area contributed by atoms with Gasteiger partial charge in [0.1, 0.15) is 10.6 Å². The van der Waals surface area contributed by atoms with Crippen molar-refractivity contribution in [2.24, 2.45) is 0 Å². The lowest BCUT2D eigenvalue weighted by atomic mass is 10.2. The van der Waals surface area contributed by atoms with E-state index in [4.69, 9.17) is 4.74 Å². The summed E-state index contributed by atoms with van der Waals surface area (Å²) in [7, 11) is 0. The van der Waals surface area contributed by atoms with Crippen LogP contribution in [0, 0.1) is 13.8 Å². The summed E-state index contributed by atoms with van der Waals surface area (Å²) in [6, 6.07) is 17.4. The third kappa shape index (κ3) is 3.39. The van der Waals surface area contributed by atoms with Crippen molar-refractivity contribution in [1.29, 1.82) is 0 Å². The Balaban J connectivity index is 1.63. The highest BCUT2D eigenvalue weighted by Crippen LogP contribution is 2.31. The van der Waals surface area contributed by atoms with E-state index in [-0.39, 0.29) is 5.91 Å². The number of carbonyl (C=O) groups excluding carboxylic acids is 1. The molecule has 5 nitrogen and oxygen atoms in total. The number of benzene rings is 2. The van der Waals surface area contributed by atoms with Gasteiger partial charge in [-0.2, -0.15) is 5.10 Å². The maximum atomic E-state index is 12.8. The number of hydrogen-bond donors (Lipinski definition) is 1. The summed E-state index contributed by atoms with van der Waals surface area (Å²) in [6.07, 6.45) is 0. The first kappa shape index (κ1) is 18.3. The Bertz CT molecular complexity index is 1140. The maximum Gasteiger partial charge on any atom is 0.265 e. The van der Waals surface area contributed by atoms with Crippen LogP contribution in [0.5, 0.6) is 5.75 Å². The van der Waals surface area contributed by atoms with E-state index >= 15 is 0 Å². The lowest BCUT2D eigenvalue weighted by molar-refractivity contribution is 0.103. The van der Waals surface area contributed by atoms with Crippen molar-refractivity contribution in [3.05, 3.63) is 70.7 Å². The number of anilines is 1. The molecule has 0 saturated carbocycles. The molecule has 0 bridgehead atoms. The Morgan fingerprint density at radius 2 is 1.89 bits per heavy atom. The average Bonchev–Trinajstić information content (AvgIpc) is 3.25. The second-order valence-corrected chi connectivity index (χ2v) is 7.56. The van der Waals surface area contributed by atoms with Crippen molar-refractivity contribution < 1.29 is 9.53 Å². The van der Waals surface area contributed by atoms with Crippen LogP contribution in [-0.2, 0) is 0 Å². The van der Waals surface area contributed by atoms with Crippen molar-refractivity contribution in [3.8, 4) is 11.4 Å². The van der Waals surface area contributed by atoms with E-state index in [1.165, 1.54) is 11.3 Å². The van der Waals surface area contributed by atoms with Gasteiger partial charge < -0.3 is 10.1 Å². The van der Waals surface area contributed by atoms with Gasteiger partial charge >= 0.3 is 0 Å². The Labute approximate surface area is 167 Å². The van der Waals surface area contributed by atoms with Crippen molar-refractivity contribution >= 4 is 33.1 Å². The van der Waals surface area contributed by atoms with E-state index < -0.39 is 0 Å². The largest absolute Gasteiger partial charge is 0.494 e. The summed E-state index contributed by atoms with van der Waals surface area (Å²) < 4.78 is 7.37. The Kier molecular flexibility index (Phi) is 4.88. The second kappa shape index (κ2) is 7.48. The van der Waals surface area contributed by atoms with Gasteiger partial charge in [0.05, 0.1) is 22.9 Å². The van der Waals surface area contributed by atoms with Gasteiger partial charge in [0.15, 0.2) is 0 Å². The highest BCUT2D eigenvalue weighted by atomic mass is 32.1. The number of para-hydroxylation sites is 1. The molecule has 0 aliphatic carbocycles. The molecular formula is C22H21N3O2S. The molecule has 0 spiro atoms. The summed E-state index contributed by atoms with van der Waals surface area (Å²) in [5.41, 5.74) is 3.82. The van der Waals surface area contributed by atoms with Gasteiger partial charge in [0, 0.05) is 11.1 Å². The van der Waals surface area contributed by atoms with Gasteiger partial charge in [-0.15, -0.1) is 11.3 Å². The molecule has 142 valence electrons. The zero-order valence-electron chi connectivity index (χ0n) is 16.0. The summed E-state index contributed by atoms with van der Waals surface area (Å²) in [6.45, 7) is 6.59. The molecule has 0 unspecified atom stereocenters. The van der Waals surface area contributed by atoms with Gasteiger partial charge in [-0.3, -0.25) is 4.79 Å². The predicted octanol–water partition coefficient (Wildman–Crippen LogP) is 5.35. The quantitative estimate of drug-likeness (QED) is 0.499. The zero-order valence-corrected chi connectivity index (χ0v) is 16.8. The van der Waals surface area contributed by atoms with Crippen LogP contribution in [0.15, 0.2) is 54.6 Å². The molecule has 2 heterocycles. The molecule has 6 heteroatoms. The zero-order chi connectivity index (χ0) is 19.7. The average molecular weight is 391 g/mol. The van der Waals surface area contributed by atoms with Gasteiger partial charge in [-0.25, -0.2) is 4.68 Å². The van der Waals surface area contributed by atoms with Crippen LogP contribution in [0.1, 0.15) is 27.9 Å². The SMILES string of the molecule is CCOc1ccc(NC(=O)c2cc3c(C)nn(-c4ccccc4C)c3s2)cc1. The molecular weight excluding hydrogens is 370 g/mol. The molecule has 2 aromatic carbocycles. The monoisotopic (exact) mass is 391 g/mol. The van der Waals surface area contributed by atoms with Crippen LogP contribution >= 0.6 is 11.3 Å². The fourth-order valence-electron chi connectivity index (χ4n) is 3.12. The molecule has 0 radical (unpaired) electrons. The molecule has 4 aromatic rings. The molecule has 0 fully saturated rings. The standard InChI is InChI=1S/C22H21N3O2S/c1-4-27-17-11-9-16(10-12-17)23-21(26)20-13-18-15(3)24-25(22(18)28-20)19-8-6-5-7-14(19)2/h5-13H,4H2,1-3H3,(H,23,26). The Morgan fingerprint density at radius 1 is 1.14 bits per heavy atom. The number of ether oxygens (including phenoxy) is 1. The normalized spacial score (nSPS) is 11.0. The highest BCUT2D eigenvalue weighted by molar-refractivity contribution is 7.20. The lowest BCUT2D eigenvalue weighted by Gasteiger charge is -2.07. The van der Waals surface area contributed by atoms with Crippen LogP contribution in [-0.4, -0.2) is 22.3 Å². The van der Waals surface area contributed by atoms with Crippen LogP contribution in [0.25, 0.3) is 15.9 Å². The second-order valence-electron chi connectivity index (χ2n) is 6.52. The van der Waals surface area contributed by atoms with E-state index in [0.29, 0.717) is 11.5 Å². The van der Waals surface area contributed by atoms with Crippen molar-refractivity contribution in [2.75, 3.05) is 11.9 Å². The molecule has 28 heavy (non-hydrogen) atoms. The van der Waals surface area contributed by atoms with Crippen LogP contribution in [0.3, 0.4) is 0 Å². The fourth-order valence-corrected chi connectivity index (χ4v) is 4.19. The highest BCUT2D eigenvalue weighted by Gasteiger charge is 2.18. The first-order valence-electron chi connectivity index (χ1n) is 9.16. The first-order valence-corrected chi connectivity index (χ1v) is 9.98. The van der Waals surface area contributed by atoms with Gasteiger partial charge in [0.25, 0.3) is 5.91 Å². The van der Waals surface area contributed by atoms with E-state index in [9.17, 15) is 4.79 Å². The minimum Gasteiger partial charge on any atom is -0.494 e. The topological polar surface area (TPSA) is 56.1 Å². The van der Waals surface area contributed by atoms with E-state index in [1.807, 2.05) is 67.1 Å². The lowest BCUT2D eigenvalue weighted by Crippen LogP contribution is -2.10. The molecule has 0 atom stereocenters. The number of fused-ring (bicyclic) bond motifs is 1. The number of rotatable bonds is 5. The summed E-state index contributed by atoms with van der Waals surface area (Å²) in [4.78, 5) is 14.4. The molecule has 0 aliphatic heterocycles. The van der Waals surface area contributed by atoms with Gasteiger partial charge in [-0.1, -0.05) is 18.2 Å². The molecule has 0 aliphatic rings. The molecule has 2 aromatic heterocycles. The van der Waals surface area contributed by atoms with Crippen LogP contribution in [0.2, 0.25) is 0 Å². The number of aromatic nitrogens is 2. The number of amides is 1. The van der Waals surface area contributed by atoms with Crippen LogP contribution in [0.4, 0.5) is 5.69 Å². The smallest absolute Gasteiger partial charge is 0.265 e. The minimum absolute atomic E-state index is 0.124. The van der Waals surface area contributed by atoms with Crippen LogP contribution < -0.4 is 10.1 Å². The van der Waals surface area contributed by atoms with Crippen molar-refractivity contribution in [2.45, 2.75) is 20.8 Å². The number of thiophene rings is 1. The number of hydrogen-bond acceptors (Lipinski definition) is 4. The fraction of sp³-hybridized carbons (Fsp3) is 0.182. The van der Waals surface area contributed by atoms with Crippen molar-refractivity contribution in [1.82, 2.24) is 9.78 Å². The third-order valence-corrected chi connectivity index (χ3v) is 5.64. The van der Waals surface area contributed by atoms with Crippen molar-refractivity contribution in [3.63, 3.8) is 0 Å². The maximum absolute atomic E-state index is 12.8. The number of nitrogens with one attached hydrogen (secondary N) is 1. The number of aryl methyl sites for hydroxylation is 2. The summed E-state index contributed by atoms with van der Waals surface area (Å²) >= 11 is 1.45. The van der Waals surface area contributed by atoms with Gasteiger partial charge in [0.2, 0.25) is 0 Å². The Morgan fingerprint density at radius 3 is 2.61 bits per heavy atom. The van der Waals surface area contributed by atoms with Gasteiger partial charge in [-0.05, 0) is 62.7 Å². The minimum atomic E-state index is -0.124. The molecule has 1 amide bonds. The molecule has 0 saturated heterocycles. The molecule has 1 N–H and O–H groups in total. The van der Waals surface area contributed by atoms with E-state index in [1.54, 1.807) is 0 Å². The van der Waals surface area contributed by atoms with E-state index in [0.717, 1.165) is 38.6 Å².